The third-order valence-electron chi connectivity index (χ3n) is 4.00. The number of hydrogen-bond acceptors (Lipinski definition) is 6. The van der Waals surface area contributed by atoms with Gasteiger partial charge in [0.15, 0.2) is 18.1 Å². The highest BCUT2D eigenvalue weighted by atomic mass is 32.1. The third kappa shape index (κ3) is 4.67. The smallest absolute Gasteiger partial charge is 0.303 e. The van der Waals surface area contributed by atoms with Gasteiger partial charge in [-0.25, -0.2) is 4.98 Å². The molecule has 1 aromatic heterocycles. The second-order valence-electron chi connectivity index (χ2n) is 5.91. The number of nitrogens with zero attached hydrogens (tertiary/aromatic N) is 2. The van der Waals surface area contributed by atoms with E-state index in [1.165, 1.54) is 18.4 Å². The van der Waals surface area contributed by atoms with Crippen molar-refractivity contribution in [3.8, 4) is 17.6 Å². The highest BCUT2D eigenvalue weighted by molar-refractivity contribution is 7.19. The minimum absolute atomic E-state index is 0.0161. The SMILES string of the molecule is COc1cc(C=C(CCC(=O)O)c2nc3ccccc3s2)ccc1OCC#N. The van der Waals surface area contributed by atoms with Crippen LogP contribution in [0.5, 0.6) is 11.5 Å². The number of carboxylic acid groups (broad SMARTS) is 1. The summed E-state index contributed by atoms with van der Waals surface area (Å²) in [6, 6.07) is 15.1. The van der Waals surface area contributed by atoms with Crippen LogP contribution < -0.4 is 9.47 Å². The molecule has 0 atom stereocenters. The van der Waals surface area contributed by atoms with Crippen LogP contribution in [0.3, 0.4) is 0 Å². The molecule has 0 radical (unpaired) electrons. The van der Waals surface area contributed by atoms with Crippen molar-refractivity contribution in [3.05, 3.63) is 53.0 Å². The van der Waals surface area contributed by atoms with E-state index in [0.29, 0.717) is 17.9 Å². The van der Waals surface area contributed by atoms with Crippen molar-refractivity contribution in [2.75, 3.05) is 13.7 Å². The number of carbonyl (C=O) groups is 1. The van der Waals surface area contributed by atoms with Gasteiger partial charge in [0.1, 0.15) is 11.1 Å². The van der Waals surface area contributed by atoms with Crippen molar-refractivity contribution < 1.29 is 19.4 Å². The van der Waals surface area contributed by atoms with Gasteiger partial charge in [0.25, 0.3) is 0 Å². The summed E-state index contributed by atoms with van der Waals surface area (Å²) in [5, 5.41) is 18.6. The Balaban J connectivity index is 1.98. The van der Waals surface area contributed by atoms with Crippen LogP contribution in [-0.4, -0.2) is 29.8 Å². The molecule has 3 aromatic rings. The van der Waals surface area contributed by atoms with E-state index in [2.05, 4.69) is 4.98 Å². The molecule has 2 aromatic carbocycles. The molecule has 7 heteroatoms. The normalized spacial score (nSPS) is 11.2. The number of methoxy groups -OCH3 is 1. The van der Waals surface area contributed by atoms with Crippen molar-refractivity contribution in [1.29, 1.82) is 5.26 Å². The van der Waals surface area contributed by atoms with E-state index in [4.69, 9.17) is 19.8 Å². The first-order valence-corrected chi connectivity index (χ1v) is 9.38. The summed E-state index contributed by atoms with van der Waals surface area (Å²) in [5.74, 6) is 0.129. The van der Waals surface area contributed by atoms with Crippen LogP contribution in [0.15, 0.2) is 42.5 Å². The zero-order valence-electron chi connectivity index (χ0n) is 15.2. The molecule has 1 heterocycles. The van der Waals surface area contributed by atoms with E-state index < -0.39 is 5.97 Å². The Morgan fingerprint density at radius 2 is 2.07 bits per heavy atom. The van der Waals surface area contributed by atoms with Crippen LogP contribution in [-0.2, 0) is 4.79 Å². The largest absolute Gasteiger partial charge is 0.493 e. The topological polar surface area (TPSA) is 92.4 Å². The summed E-state index contributed by atoms with van der Waals surface area (Å²) in [4.78, 5) is 15.8. The molecular weight excluding hydrogens is 376 g/mol. The Bertz CT molecular complexity index is 1030. The Morgan fingerprint density at radius 3 is 2.79 bits per heavy atom. The highest BCUT2D eigenvalue weighted by Crippen LogP contribution is 2.33. The molecule has 0 aliphatic carbocycles. The molecule has 6 nitrogen and oxygen atoms in total. The first-order chi connectivity index (χ1) is 13.6. The molecule has 0 spiro atoms. The maximum absolute atomic E-state index is 11.1. The molecule has 0 saturated carbocycles. The van der Waals surface area contributed by atoms with E-state index in [1.54, 1.807) is 12.1 Å². The summed E-state index contributed by atoms with van der Waals surface area (Å²) >= 11 is 1.54. The van der Waals surface area contributed by atoms with Crippen LogP contribution in [0, 0.1) is 11.3 Å². The number of rotatable bonds is 8. The average Bonchev–Trinajstić information content (AvgIpc) is 3.13. The summed E-state index contributed by atoms with van der Waals surface area (Å²) in [6.45, 7) is -0.0683. The highest BCUT2D eigenvalue weighted by Gasteiger charge is 2.12. The first kappa shape index (κ1) is 19.4. The molecule has 0 saturated heterocycles. The minimum Gasteiger partial charge on any atom is -0.493 e. The van der Waals surface area contributed by atoms with E-state index in [-0.39, 0.29) is 13.0 Å². The maximum atomic E-state index is 11.1. The number of thiazole rings is 1. The zero-order chi connectivity index (χ0) is 19.9. The lowest BCUT2D eigenvalue weighted by Crippen LogP contribution is -1.97. The van der Waals surface area contributed by atoms with Crippen LogP contribution in [0.4, 0.5) is 0 Å². The summed E-state index contributed by atoms with van der Waals surface area (Å²) in [7, 11) is 1.53. The van der Waals surface area contributed by atoms with Crippen LogP contribution in [0.1, 0.15) is 23.4 Å². The standard InChI is InChI=1S/C21H18N2O4S/c1-26-18-13-14(6-8-17(18)27-11-10-22)12-15(7-9-20(24)25)21-23-16-4-2-3-5-19(16)28-21/h2-6,8,12-13H,7,9,11H2,1H3,(H,24,25). The van der Waals surface area contributed by atoms with Gasteiger partial charge in [-0.05, 0) is 47.9 Å². The molecule has 1 N–H and O–H groups in total. The monoisotopic (exact) mass is 394 g/mol. The fourth-order valence-electron chi connectivity index (χ4n) is 2.70. The van der Waals surface area contributed by atoms with E-state index in [1.807, 2.05) is 42.5 Å². The average molecular weight is 394 g/mol. The molecular formula is C21H18N2O4S. The number of aliphatic carboxylic acids is 1. The van der Waals surface area contributed by atoms with Gasteiger partial charge < -0.3 is 14.6 Å². The predicted octanol–water partition coefficient (Wildman–Crippen LogP) is 4.61. The quantitative estimate of drug-likeness (QED) is 0.600. The number of nitriles is 1. The van der Waals surface area contributed by atoms with Gasteiger partial charge in [0.2, 0.25) is 0 Å². The predicted molar refractivity (Wildman–Crippen MR) is 108 cm³/mol. The van der Waals surface area contributed by atoms with Gasteiger partial charge in [-0.2, -0.15) is 5.26 Å². The van der Waals surface area contributed by atoms with Crippen LogP contribution >= 0.6 is 11.3 Å². The van der Waals surface area contributed by atoms with Crippen LogP contribution in [0.2, 0.25) is 0 Å². The van der Waals surface area contributed by atoms with E-state index in [9.17, 15) is 4.79 Å². The number of carboxylic acids is 1. The molecule has 0 unspecified atom stereocenters. The van der Waals surface area contributed by atoms with Crippen molar-refractivity contribution in [2.45, 2.75) is 12.8 Å². The maximum Gasteiger partial charge on any atom is 0.303 e. The number of benzene rings is 2. The van der Waals surface area contributed by atoms with Gasteiger partial charge in [0.05, 0.1) is 17.3 Å². The molecule has 0 fully saturated rings. The van der Waals surface area contributed by atoms with E-state index >= 15 is 0 Å². The van der Waals surface area contributed by atoms with Gasteiger partial charge in [-0.1, -0.05) is 18.2 Å². The van der Waals surface area contributed by atoms with Gasteiger partial charge in [-0.15, -0.1) is 11.3 Å². The minimum atomic E-state index is -0.857. The zero-order valence-corrected chi connectivity index (χ0v) is 16.0. The molecule has 0 aliphatic heterocycles. The second kappa shape index (κ2) is 9.02. The molecule has 0 bridgehead atoms. The first-order valence-electron chi connectivity index (χ1n) is 8.57. The van der Waals surface area contributed by atoms with Gasteiger partial charge in [0, 0.05) is 6.42 Å². The van der Waals surface area contributed by atoms with Crippen molar-refractivity contribution in [3.63, 3.8) is 0 Å². The number of fused-ring (bicyclic) bond motifs is 1. The fraction of sp³-hybridized carbons (Fsp3) is 0.190. The lowest BCUT2D eigenvalue weighted by molar-refractivity contribution is -0.136. The molecule has 3 rings (SSSR count). The molecule has 142 valence electrons. The Hall–Kier alpha value is -3.37. The fourth-order valence-corrected chi connectivity index (χ4v) is 3.71. The number of allylic oxidation sites excluding steroid dienone is 1. The van der Waals surface area contributed by atoms with Gasteiger partial charge in [-0.3, -0.25) is 4.79 Å². The van der Waals surface area contributed by atoms with Crippen molar-refractivity contribution >= 4 is 39.2 Å². The van der Waals surface area contributed by atoms with E-state index in [0.717, 1.165) is 26.4 Å². The summed E-state index contributed by atoms with van der Waals surface area (Å²) in [6.07, 6.45) is 2.30. The Kier molecular flexibility index (Phi) is 6.25. The van der Waals surface area contributed by atoms with Crippen molar-refractivity contribution in [2.24, 2.45) is 0 Å². The van der Waals surface area contributed by atoms with Crippen LogP contribution in [0.25, 0.3) is 21.9 Å². The molecule has 28 heavy (non-hydrogen) atoms. The molecule has 0 amide bonds. The number of ether oxygens (including phenoxy) is 2. The van der Waals surface area contributed by atoms with Gasteiger partial charge >= 0.3 is 5.97 Å². The number of aromatic nitrogens is 1. The Morgan fingerprint density at radius 1 is 1.25 bits per heavy atom. The summed E-state index contributed by atoms with van der Waals surface area (Å²) in [5.41, 5.74) is 2.57. The van der Waals surface area contributed by atoms with Crippen molar-refractivity contribution in [1.82, 2.24) is 4.98 Å². The number of para-hydroxylation sites is 1. The summed E-state index contributed by atoms with van der Waals surface area (Å²) < 4.78 is 11.7. The lowest BCUT2D eigenvalue weighted by atomic mass is 10.1. The molecule has 0 aliphatic rings. The third-order valence-corrected chi connectivity index (χ3v) is 5.11. The second-order valence-corrected chi connectivity index (χ2v) is 6.94. The lowest BCUT2D eigenvalue weighted by Gasteiger charge is -2.10. The Labute approximate surface area is 166 Å². The number of hydrogen-bond donors (Lipinski definition) is 1.